The van der Waals surface area contributed by atoms with Crippen LogP contribution in [0.5, 0.6) is 5.75 Å². The number of aromatic nitrogens is 3. The maximum atomic E-state index is 12.5. The average Bonchev–Trinajstić information content (AvgIpc) is 3.32. The standard InChI is InChI=1S/C24H26N4O4/c1-16-21(24(30)28-23(26-16)17-10-12-25-13-11-17)8-9-22(29)27-18-4-6-19(7-5-18)32-15-20-3-2-14-31-20/h4-7,10-13,20H,2-3,8-9,14-15H2,1H3,(H,27,29)(H,26,28,30). The first-order chi connectivity index (χ1) is 15.6. The summed E-state index contributed by atoms with van der Waals surface area (Å²) in [4.78, 5) is 36.2. The van der Waals surface area contributed by atoms with Crippen LogP contribution in [-0.2, 0) is 16.0 Å². The molecule has 1 aliphatic heterocycles. The van der Waals surface area contributed by atoms with Crippen molar-refractivity contribution in [2.75, 3.05) is 18.5 Å². The number of ether oxygens (including phenoxy) is 2. The van der Waals surface area contributed by atoms with Gasteiger partial charge in [0.2, 0.25) is 5.91 Å². The molecule has 1 amide bonds. The van der Waals surface area contributed by atoms with Crippen molar-refractivity contribution in [1.82, 2.24) is 15.0 Å². The lowest BCUT2D eigenvalue weighted by molar-refractivity contribution is -0.116. The molecular weight excluding hydrogens is 408 g/mol. The molecule has 2 N–H and O–H groups in total. The van der Waals surface area contributed by atoms with E-state index in [1.165, 1.54) is 0 Å². The second-order valence-electron chi connectivity index (χ2n) is 7.73. The molecule has 1 fully saturated rings. The zero-order valence-electron chi connectivity index (χ0n) is 18.0. The maximum absolute atomic E-state index is 12.5. The number of hydrogen-bond donors (Lipinski definition) is 2. The molecule has 0 radical (unpaired) electrons. The van der Waals surface area contributed by atoms with Crippen LogP contribution in [0.4, 0.5) is 5.69 Å². The van der Waals surface area contributed by atoms with Crippen LogP contribution >= 0.6 is 0 Å². The summed E-state index contributed by atoms with van der Waals surface area (Å²) in [5.41, 5.74) is 2.35. The van der Waals surface area contributed by atoms with Gasteiger partial charge in [-0.15, -0.1) is 0 Å². The number of aryl methyl sites for hydroxylation is 1. The highest BCUT2D eigenvalue weighted by atomic mass is 16.5. The predicted molar refractivity (Wildman–Crippen MR) is 121 cm³/mol. The lowest BCUT2D eigenvalue weighted by atomic mass is 10.1. The molecule has 32 heavy (non-hydrogen) atoms. The van der Waals surface area contributed by atoms with E-state index in [1.54, 1.807) is 43.6 Å². The van der Waals surface area contributed by atoms with Crippen LogP contribution in [0.25, 0.3) is 11.4 Å². The van der Waals surface area contributed by atoms with Gasteiger partial charge in [-0.25, -0.2) is 4.98 Å². The minimum Gasteiger partial charge on any atom is -0.491 e. The number of carbonyl (C=O) groups is 1. The largest absolute Gasteiger partial charge is 0.491 e. The molecule has 0 spiro atoms. The van der Waals surface area contributed by atoms with Gasteiger partial charge < -0.3 is 19.8 Å². The number of anilines is 1. The van der Waals surface area contributed by atoms with Gasteiger partial charge in [0.1, 0.15) is 18.2 Å². The Kier molecular flexibility index (Phi) is 6.91. The van der Waals surface area contributed by atoms with Gasteiger partial charge in [-0.05, 0) is 62.6 Å². The number of benzene rings is 1. The normalized spacial score (nSPS) is 15.5. The molecule has 8 heteroatoms. The molecule has 1 aromatic carbocycles. The SMILES string of the molecule is Cc1nc(-c2ccncc2)[nH]c(=O)c1CCC(=O)Nc1ccc(OCC2CCCO2)cc1. The van der Waals surface area contributed by atoms with E-state index < -0.39 is 0 Å². The molecule has 1 aliphatic rings. The summed E-state index contributed by atoms with van der Waals surface area (Å²) in [5.74, 6) is 1.06. The van der Waals surface area contributed by atoms with Crippen LogP contribution in [0.15, 0.2) is 53.6 Å². The van der Waals surface area contributed by atoms with Gasteiger partial charge in [0.15, 0.2) is 0 Å². The highest BCUT2D eigenvalue weighted by Crippen LogP contribution is 2.19. The molecule has 8 nitrogen and oxygen atoms in total. The number of carbonyl (C=O) groups excluding carboxylic acids is 1. The Balaban J connectivity index is 1.30. The number of nitrogens with zero attached hydrogens (tertiary/aromatic N) is 2. The zero-order chi connectivity index (χ0) is 22.3. The van der Waals surface area contributed by atoms with Crippen LogP contribution in [0.2, 0.25) is 0 Å². The average molecular weight is 434 g/mol. The molecule has 1 saturated heterocycles. The molecule has 1 atom stereocenters. The Bertz CT molecular complexity index is 1110. The Morgan fingerprint density at radius 3 is 2.69 bits per heavy atom. The third-order valence-corrected chi connectivity index (χ3v) is 5.38. The summed E-state index contributed by atoms with van der Waals surface area (Å²) < 4.78 is 11.3. The summed E-state index contributed by atoms with van der Waals surface area (Å²) in [6.07, 6.45) is 6.04. The Morgan fingerprint density at radius 1 is 1.22 bits per heavy atom. The van der Waals surface area contributed by atoms with Crippen LogP contribution in [0.1, 0.15) is 30.5 Å². The summed E-state index contributed by atoms with van der Waals surface area (Å²) in [6, 6.07) is 10.8. The number of nitrogens with one attached hydrogen (secondary N) is 2. The lowest BCUT2D eigenvalue weighted by Gasteiger charge is -2.12. The highest BCUT2D eigenvalue weighted by molar-refractivity contribution is 5.90. The van der Waals surface area contributed by atoms with E-state index in [4.69, 9.17) is 9.47 Å². The minimum absolute atomic E-state index is 0.161. The fraction of sp³-hybridized carbons (Fsp3) is 0.333. The van der Waals surface area contributed by atoms with E-state index in [0.717, 1.165) is 30.8 Å². The van der Waals surface area contributed by atoms with E-state index in [9.17, 15) is 9.59 Å². The van der Waals surface area contributed by atoms with Gasteiger partial charge in [0.25, 0.3) is 5.56 Å². The summed E-state index contributed by atoms with van der Waals surface area (Å²) >= 11 is 0. The summed E-state index contributed by atoms with van der Waals surface area (Å²) in [5, 5.41) is 2.85. The van der Waals surface area contributed by atoms with E-state index in [0.29, 0.717) is 35.8 Å². The predicted octanol–water partition coefficient (Wildman–Crippen LogP) is 3.27. The number of hydrogen-bond acceptors (Lipinski definition) is 6. The van der Waals surface area contributed by atoms with Crippen molar-refractivity contribution in [3.05, 3.63) is 70.4 Å². The van der Waals surface area contributed by atoms with Gasteiger partial charge >= 0.3 is 0 Å². The van der Waals surface area contributed by atoms with E-state index >= 15 is 0 Å². The molecular formula is C24H26N4O4. The topological polar surface area (TPSA) is 106 Å². The molecule has 4 rings (SSSR count). The number of H-pyrrole nitrogens is 1. The van der Waals surface area contributed by atoms with E-state index in [-0.39, 0.29) is 24.0 Å². The van der Waals surface area contributed by atoms with Crippen LogP contribution < -0.4 is 15.6 Å². The number of aromatic amines is 1. The quantitative estimate of drug-likeness (QED) is 0.564. The first-order valence-corrected chi connectivity index (χ1v) is 10.7. The fourth-order valence-electron chi connectivity index (χ4n) is 3.61. The second kappa shape index (κ2) is 10.2. The fourth-order valence-corrected chi connectivity index (χ4v) is 3.61. The molecule has 2 aromatic heterocycles. The Hall–Kier alpha value is -3.52. The molecule has 166 valence electrons. The Labute approximate surface area is 186 Å². The van der Waals surface area contributed by atoms with Gasteiger partial charge in [0.05, 0.1) is 6.10 Å². The molecule has 3 heterocycles. The van der Waals surface area contributed by atoms with Crippen molar-refractivity contribution in [3.8, 4) is 17.1 Å². The van der Waals surface area contributed by atoms with Crippen LogP contribution in [0, 0.1) is 6.92 Å². The molecule has 1 unspecified atom stereocenters. The van der Waals surface area contributed by atoms with Gasteiger partial charge in [-0.1, -0.05) is 0 Å². The van der Waals surface area contributed by atoms with Crippen molar-refractivity contribution in [3.63, 3.8) is 0 Å². The second-order valence-corrected chi connectivity index (χ2v) is 7.73. The number of rotatable bonds is 8. The van der Waals surface area contributed by atoms with Crippen LogP contribution in [0.3, 0.4) is 0 Å². The molecule has 3 aromatic rings. The third-order valence-electron chi connectivity index (χ3n) is 5.38. The maximum Gasteiger partial charge on any atom is 0.254 e. The van der Waals surface area contributed by atoms with Crippen molar-refractivity contribution < 1.29 is 14.3 Å². The molecule has 0 aliphatic carbocycles. The lowest BCUT2D eigenvalue weighted by Crippen LogP contribution is -2.20. The first-order valence-electron chi connectivity index (χ1n) is 10.7. The Morgan fingerprint density at radius 2 is 2.00 bits per heavy atom. The van der Waals surface area contributed by atoms with Gasteiger partial charge in [-0.3, -0.25) is 14.6 Å². The summed E-state index contributed by atoms with van der Waals surface area (Å²) in [7, 11) is 0. The third kappa shape index (κ3) is 5.59. The minimum atomic E-state index is -0.232. The highest BCUT2D eigenvalue weighted by Gasteiger charge is 2.16. The van der Waals surface area contributed by atoms with E-state index in [2.05, 4.69) is 20.3 Å². The smallest absolute Gasteiger partial charge is 0.254 e. The van der Waals surface area contributed by atoms with Crippen molar-refractivity contribution in [2.24, 2.45) is 0 Å². The van der Waals surface area contributed by atoms with Crippen molar-refractivity contribution in [2.45, 2.75) is 38.7 Å². The summed E-state index contributed by atoms with van der Waals surface area (Å²) in [6.45, 7) is 3.12. The molecule has 0 saturated carbocycles. The van der Waals surface area contributed by atoms with Crippen molar-refractivity contribution >= 4 is 11.6 Å². The monoisotopic (exact) mass is 434 g/mol. The van der Waals surface area contributed by atoms with Crippen LogP contribution in [-0.4, -0.2) is 40.2 Å². The number of pyridine rings is 1. The molecule has 0 bridgehead atoms. The zero-order valence-corrected chi connectivity index (χ0v) is 18.0. The first kappa shape index (κ1) is 21.7. The van der Waals surface area contributed by atoms with Crippen molar-refractivity contribution in [1.29, 1.82) is 0 Å². The number of amides is 1. The van der Waals surface area contributed by atoms with Gasteiger partial charge in [0, 0.05) is 47.9 Å². The van der Waals surface area contributed by atoms with E-state index in [1.807, 2.05) is 12.1 Å². The van der Waals surface area contributed by atoms with Gasteiger partial charge in [-0.2, -0.15) is 0 Å².